The van der Waals surface area contributed by atoms with Crippen molar-refractivity contribution >= 4 is 89.6 Å². The lowest BCUT2D eigenvalue weighted by atomic mass is 9.43. The summed E-state index contributed by atoms with van der Waals surface area (Å²) in [7, 11) is 0. The molecular weight excluding hydrogens is 822 g/mol. The van der Waals surface area contributed by atoms with Gasteiger partial charge in [-0.25, -0.2) is 0 Å². The molecule has 0 saturated heterocycles. The van der Waals surface area contributed by atoms with E-state index in [1.807, 2.05) is 0 Å². The Morgan fingerprint density at radius 3 is 1.68 bits per heavy atom. The SMILES string of the molecule is CC(C)(C)c1ccc(N2B3c4c(c5ccc6cc(C(C)(C)C)cc7ccc(c4N(c4ccccc4C(C)(C)C)c4c3c3ccccc3n4-c3ccccc3)c5c67)-c3cc(C(C)(C)C)ccc32)cc1. The van der Waals surface area contributed by atoms with Crippen LogP contribution >= 0.6 is 0 Å². The number of nitrogens with zero attached hydrogens (tertiary/aromatic N) is 3. The van der Waals surface area contributed by atoms with E-state index in [9.17, 15) is 0 Å². The number of benzene rings is 9. The third-order valence-electron chi connectivity index (χ3n) is 15.3. The molecule has 0 radical (unpaired) electrons. The summed E-state index contributed by atoms with van der Waals surface area (Å²) in [5.74, 6) is 1.19. The molecule has 3 heterocycles. The average Bonchev–Trinajstić information content (AvgIpc) is 3.65. The van der Waals surface area contributed by atoms with Crippen LogP contribution in [0.3, 0.4) is 0 Å². The van der Waals surface area contributed by atoms with Crippen molar-refractivity contribution < 1.29 is 0 Å². The van der Waals surface area contributed by atoms with Gasteiger partial charge in [0.15, 0.2) is 0 Å². The fourth-order valence-electron chi connectivity index (χ4n) is 11.8. The molecule has 10 aromatic rings. The molecule has 0 saturated carbocycles. The molecule has 0 fully saturated rings. The van der Waals surface area contributed by atoms with Gasteiger partial charge in [-0.05, 0) is 130 Å². The molecule has 68 heavy (non-hydrogen) atoms. The van der Waals surface area contributed by atoms with Crippen molar-refractivity contribution in [3.63, 3.8) is 0 Å². The van der Waals surface area contributed by atoms with E-state index >= 15 is 0 Å². The summed E-state index contributed by atoms with van der Waals surface area (Å²) in [5.41, 5.74) is 17.7. The highest BCUT2D eigenvalue weighted by Gasteiger charge is 2.50. The molecule has 3 nitrogen and oxygen atoms in total. The second-order valence-electron chi connectivity index (χ2n) is 23.9. The molecular formula is C64H62BN3. The Morgan fingerprint density at radius 2 is 1.01 bits per heavy atom. The smallest absolute Gasteiger partial charge is 0.335 e. The van der Waals surface area contributed by atoms with Gasteiger partial charge in [0.25, 0.3) is 0 Å². The van der Waals surface area contributed by atoms with Gasteiger partial charge < -0.3 is 4.81 Å². The van der Waals surface area contributed by atoms with E-state index < -0.39 is 0 Å². The fourth-order valence-corrected chi connectivity index (χ4v) is 11.8. The van der Waals surface area contributed by atoms with E-state index in [-0.39, 0.29) is 28.5 Å². The first kappa shape index (κ1) is 42.6. The highest BCUT2D eigenvalue weighted by atomic mass is 15.3. The van der Waals surface area contributed by atoms with E-state index in [4.69, 9.17) is 0 Å². The Balaban J connectivity index is 1.35. The van der Waals surface area contributed by atoms with Crippen LogP contribution in [0.25, 0.3) is 60.0 Å². The highest BCUT2D eigenvalue weighted by molar-refractivity contribution is 6.95. The first-order chi connectivity index (χ1) is 32.3. The average molecular weight is 884 g/mol. The molecule has 4 heteroatoms. The van der Waals surface area contributed by atoms with Crippen LogP contribution in [0.2, 0.25) is 0 Å². The van der Waals surface area contributed by atoms with E-state index in [2.05, 4.69) is 255 Å². The lowest BCUT2D eigenvalue weighted by Crippen LogP contribution is -2.61. The molecule has 0 aliphatic carbocycles. The summed E-state index contributed by atoms with van der Waals surface area (Å²) in [6.07, 6.45) is 0. The zero-order valence-electron chi connectivity index (χ0n) is 41.9. The van der Waals surface area contributed by atoms with Crippen LogP contribution in [0.5, 0.6) is 0 Å². The van der Waals surface area contributed by atoms with Gasteiger partial charge in [-0.2, -0.15) is 0 Å². The number of aromatic nitrogens is 1. The molecule has 0 unspecified atom stereocenters. The molecule has 336 valence electrons. The van der Waals surface area contributed by atoms with Gasteiger partial charge in [0.1, 0.15) is 5.82 Å². The number of rotatable bonds is 3. The largest absolute Gasteiger partial charge is 0.376 e. The van der Waals surface area contributed by atoms with Crippen LogP contribution in [0.1, 0.15) is 105 Å². The van der Waals surface area contributed by atoms with E-state index in [0.717, 1.165) is 5.69 Å². The molecule has 9 aromatic carbocycles. The van der Waals surface area contributed by atoms with Crippen molar-refractivity contribution in [1.29, 1.82) is 0 Å². The molecule has 0 amide bonds. The predicted molar refractivity (Wildman–Crippen MR) is 296 cm³/mol. The number of hydrogen-bond donors (Lipinski definition) is 0. The van der Waals surface area contributed by atoms with Crippen LogP contribution in [-0.2, 0) is 21.7 Å². The quantitative estimate of drug-likeness (QED) is 0.129. The van der Waals surface area contributed by atoms with Gasteiger partial charge in [-0.1, -0.05) is 192 Å². The highest BCUT2D eigenvalue weighted by Crippen LogP contribution is 2.55. The zero-order chi connectivity index (χ0) is 47.4. The van der Waals surface area contributed by atoms with Gasteiger partial charge in [0.2, 0.25) is 0 Å². The zero-order valence-corrected chi connectivity index (χ0v) is 41.9. The first-order valence-corrected chi connectivity index (χ1v) is 24.7. The van der Waals surface area contributed by atoms with Crippen molar-refractivity contribution in [3.8, 4) is 16.8 Å². The minimum absolute atomic E-state index is 0.00832. The molecule has 0 spiro atoms. The molecule has 0 N–H and O–H groups in total. The molecule has 12 rings (SSSR count). The Labute approximate surface area is 403 Å². The van der Waals surface area contributed by atoms with Gasteiger partial charge in [0.05, 0.1) is 16.9 Å². The number of hydrogen-bond acceptors (Lipinski definition) is 2. The molecule has 2 aliphatic rings. The predicted octanol–water partition coefficient (Wildman–Crippen LogP) is 16.4. The summed E-state index contributed by atoms with van der Waals surface area (Å²) in [5, 5.41) is 9.14. The van der Waals surface area contributed by atoms with Crippen molar-refractivity contribution in [2.24, 2.45) is 0 Å². The molecule has 1 aromatic heterocycles. The second-order valence-corrected chi connectivity index (χ2v) is 23.9. The summed E-state index contributed by atoms with van der Waals surface area (Å²) in [6, 6.07) is 61.1. The van der Waals surface area contributed by atoms with Crippen molar-refractivity contribution in [2.45, 2.75) is 105 Å². The maximum Gasteiger partial charge on any atom is 0.335 e. The number of anilines is 5. The van der Waals surface area contributed by atoms with Crippen LogP contribution in [-0.4, -0.2) is 11.4 Å². The monoisotopic (exact) mass is 884 g/mol. The minimum Gasteiger partial charge on any atom is -0.376 e. The minimum atomic E-state index is -0.175. The summed E-state index contributed by atoms with van der Waals surface area (Å²) in [4.78, 5) is 5.42. The van der Waals surface area contributed by atoms with Gasteiger partial charge >= 0.3 is 6.85 Å². The first-order valence-electron chi connectivity index (χ1n) is 24.7. The maximum atomic E-state index is 2.71. The Bertz CT molecular complexity index is 3640. The van der Waals surface area contributed by atoms with Gasteiger partial charge in [-0.3, -0.25) is 9.47 Å². The van der Waals surface area contributed by atoms with Crippen LogP contribution in [0.15, 0.2) is 158 Å². The van der Waals surface area contributed by atoms with E-state index in [1.54, 1.807) is 0 Å². The maximum absolute atomic E-state index is 2.71. The number of para-hydroxylation sites is 3. The normalized spacial score (nSPS) is 14.1. The lowest BCUT2D eigenvalue weighted by Gasteiger charge is -2.47. The van der Waals surface area contributed by atoms with Gasteiger partial charge in [0, 0.05) is 38.9 Å². The summed E-state index contributed by atoms with van der Waals surface area (Å²) >= 11 is 0. The van der Waals surface area contributed by atoms with Crippen LogP contribution in [0, 0.1) is 0 Å². The topological polar surface area (TPSA) is 11.4 Å². The van der Waals surface area contributed by atoms with Crippen molar-refractivity contribution in [2.75, 3.05) is 9.71 Å². The summed E-state index contributed by atoms with van der Waals surface area (Å²) < 4.78 is 2.57. The van der Waals surface area contributed by atoms with Gasteiger partial charge in [-0.15, -0.1) is 0 Å². The third kappa shape index (κ3) is 6.18. The van der Waals surface area contributed by atoms with E-state index in [0.29, 0.717) is 0 Å². The Morgan fingerprint density at radius 1 is 0.412 bits per heavy atom. The fraction of sp³-hybridized carbons (Fsp3) is 0.250. The molecule has 0 bridgehead atoms. The second kappa shape index (κ2) is 14.4. The van der Waals surface area contributed by atoms with E-state index in [1.165, 1.54) is 116 Å². The lowest BCUT2D eigenvalue weighted by molar-refractivity contribution is 0.590. The Hall–Kier alpha value is -6.78. The molecule has 0 atom stereocenters. The standard InChI is InChI=1S/C64H62BN3/c1-61(2,3)41-28-31-45(32-29-41)68-52-35-30-42(62(4,5)6)38-49(52)56-47-33-26-39-36-43(63(7,8)9)37-40-27-34-48(55(47)54(39)40)59-58(56)65(68)57-46-22-16-18-24-51(46)66(44-20-14-13-15-21-44)60(57)67(59)53-25-19-17-23-50(53)64(10,11)12/h13-38H,1-12H3. The van der Waals surface area contributed by atoms with Crippen molar-refractivity contribution in [1.82, 2.24) is 4.57 Å². The van der Waals surface area contributed by atoms with Crippen LogP contribution < -0.4 is 20.6 Å². The third-order valence-corrected chi connectivity index (χ3v) is 15.3. The van der Waals surface area contributed by atoms with Crippen LogP contribution in [0.4, 0.5) is 28.6 Å². The van der Waals surface area contributed by atoms with Crippen molar-refractivity contribution in [3.05, 3.63) is 180 Å². The number of fused-ring (bicyclic) bond motifs is 8. The summed E-state index contributed by atoms with van der Waals surface area (Å²) in [6.45, 7) is 27.9. The molecule has 2 aliphatic heterocycles. The Kier molecular flexibility index (Phi) is 9.00.